The Hall–Kier alpha value is -3.86. The fraction of sp³-hybridized carbons (Fsp3) is 0.111. The molecule has 0 spiro atoms. The zero-order valence-electron chi connectivity index (χ0n) is 13.6. The minimum atomic E-state index is -0.657. The van der Waals surface area contributed by atoms with Gasteiger partial charge >= 0.3 is 5.69 Å². The number of anilines is 1. The molecule has 0 atom stereocenters. The molecule has 8 nitrogen and oxygen atoms in total. The fourth-order valence-corrected chi connectivity index (χ4v) is 2.47. The Morgan fingerprint density at radius 1 is 1.19 bits per heavy atom. The monoisotopic (exact) mass is 350 g/mol. The van der Waals surface area contributed by atoms with Gasteiger partial charge in [0.15, 0.2) is 6.61 Å². The summed E-state index contributed by atoms with van der Waals surface area (Å²) in [5, 5.41) is 11.4. The molecule has 0 unspecified atom stereocenters. The molecule has 3 rings (SSSR count). The van der Waals surface area contributed by atoms with Crippen LogP contribution in [0.1, 0.15) is 0 Å². The van der Waals surface area contributed by atoms with Gasteiger partial charge in [-0.1, -0.05) is 18.2 Å². The molecule has 1 aromatic heterocycles. The lowest BCUT2D eigenvalue weighted by molar-refractivity contribution is -0.116. The number of aromatic amines is 1. The molecule has 0 saturated carbocycles. The predicted molar refractivity (Wildman–Crippen MR) is 95.0 cm³/mol. The number of hydrogen-bond acceptors (Lipinski definition) is 5. The standard InChI is InChI=1S/C18H14N4O4/c19-8-9-26-13-5-3-4-12(10-13)20-16(23)11-22-17(24)14-6-1-2-7-15(14)21-18(22)25/h1-7,10H,9,11H2,(H,20,23)(H,21,25). The molecule has 3 aromatic rings. The number of nitrogens with zero attached hydrogens (tertiary/aromatic N) is 2. The van der Waals surface area contributed by atoms with E-state index in [9.17, 15) is 14.4 Å². The molecule has 2 aromatic carbocycles. The molecular formula is C18H14N4O4. The zero-order chi connectivity index (χ0) is 18.5. The van der Waals surface area contributed by atoms with E-state index in [1.54, 1.807) is 48.5 Å². The first-order valence-electron chi connectivity index (χ1n) is 7.70. The van der Waals surface area contributed by atoms with E-state index in [1.807, 2.05) is 6.07 Å². The maximum atomic E-state index is 12.4. The largest absolute Gasteiger partial charge is 0.479 e. The molecule has 0 aliphatic carbocycles. The molecule has 0 aliphatic rings. The van der Waals surface area contributed by atoms with Crippen LogP contribution in [0.2, 0.25) is 0 Å². The van der Waals surface area contributed by atoms with Crippen molar-refractivity contribution >= 4 is 22.5 Å². The third-order valence-corrected chi connectivity index (χ3v) is 3.61. The topological polar surface area (TPSA) is 117 Å². The Morgan fingerprint density at radius 3 is 2.81 bits per heavy atom. The number of ether oxygens (including phenoxy) is 1. The molecule has 0 radical (unpaired) electrons. The summed E-state index contributed by atoms with van der Waals surface area (Å²) in [5.74, 6) is -0.115. The fourth-order valence-electron chi connectivity index (χ4n) is 2.47. The van der Waals surface area contributed by atoms with Crippen molar-refractivity contribution in [2.24, 2.45) is 0 Å². The highest BCUT2D eigenvalue weighted by atomic mass is 16.5. The van der Waals surface area contributed by atoms with Crippen molar-refractivity contribution in [1.82, 2.24) is 9.55 Å². The van der Waals surface area contributed by atoms with Crippen molar-refractivity contribution in [1.29, 1.82) is 5.26 Å². The number of hydrogen-bond donors (Lipinski definition) is 2. The summed E-state index contributed by atoms with van der Waals surface area (Å²) in [7, 11) is 0. The maximum Gasteiger partial charge on any atom is 0.329 e. The summed E-state index contributed by atoms with van der Waals surface area (Å²) >= 11 is 0. The minimum Gasteiger partial charge on any atom is -0.479 e. The van der Waals surface area contributed by atoms with Gasteiger partial charge in [0.2, 0.25) is 5.91 Å². The van der Waals surface area contributed by atoms with Crippen LogP contribution in [0, 0.1) is 11.3 Å². The quantitative estimate of drug-likeness (QED) is 0.718. The van der Waals surface area contributed by atoms with Crippen LogP contribution in [-0.2, 0) is 11.3 Å². The number of para-hydroxylation sites is 1. The average molecular weight is 350 g/mol. The van der Waals surface area contributed by atoms with Gasteiger partial charge in [0, 0.05) is 11.8 Å². The second-order valence-corrected chi connectivity index (χ2v) is 5.39. The van der Waals surface area contributed by atoms with Crippen molar-refractivity contribution in [2.75, 3.05) is 11.9 Å². The number of rotatable bonds is 5. The summed E-state index contributed by atoms with van der Waals surface area (Å²) in [5.41, 5.74) is -0.349. The van der Waals surface area contributed by atoms with Crippen molar-refractivity contribution in [3.63, 3.8) is 0 Å². The van der Waals surface area contributed by atoms with Gasteiger partial charge in [-0.25, -0.2) is 4.79 Å². The van der Waals surface area contributed by atoms with Crippen LogP contribution in [0.3, 0.4) is 0 Å². The average Bonchev–Trinajstić information content (AvgIpc) is 2.64. The first-order valence-corrected chi connectivity index (χ1v) is 7.70. The van der Waals surface area contributed by atoms with Crippen molar-refractivity contribution in [2.45, 2.75) is 6.54 Å². The first-order chi connectivity index (χ1) is 12.6. The highest BCUT2D eigenvalue weighted by Crippen LogP contribution is 2.17. The Bertz CT molecular complexity index is 1120. The molecule has 8 heteroatoms. The molecular weight excluding hydrogens is 336 g/mol. The van der Waals surface area contributed by atoms with Gasteiger partial charge in [-0.15, -0.1) is 0 Å². The lowest BCUT2D eigenvalue weighted by atomic mass is 10.2. The number of amides is 1. The third kappa shape index (κ3) is 3.62. The molecule has 1 amide bonds. The minimum absolute atomic E-state index is 0.112. The summed E-state index contributed by atoms with van der Waals surface area (Å²) in [6.45, 7) is -0.540. The van der Waals surface area contributed by atoms with Crippen molar-refractivity contribution in [3.8, 4) is 11.8 Å². The normalized spacial score (nSPS) is 10.3. The van der Waals surface area contributed by atoms with Gasteiger partial charge in [0.1, 0.15) is 18.4 Å². The van der Waals surface area contributed by atoms with E-state index in [4.69, 9.17) is 10.00 Å². The lowest BCUT2D eigenvalue weighted by Crippen LogP contribution is -2.38. The molecule has 1 heterocycles. The summed E-state index contributed by atoms with van der Waals surface area (Å²) in [6.07, 6.45) is 0. The van der Waals surface area contributed by atoms with Crippen molar-refractivity contribution in [3.05, 3.63) is 69.4 Å². The first kappa shape index (κ1) is 17.0. The van der Waals surface area contributed by atoms with Crippen LogP contribution in [0.5, 0.6) is 5.75 Å². The van der Waals surface area contributed by atoms with E-state index in [-0.39, 0.29) is 6.61 Å². The number of nitriles is 1. The second kappa shape index (κ2) is 7.36. The van der Waals surface area contributed by atoms with Gasteiger partial charge < -0.3 is 15.0 Å². The van der Waals surface area contributed by atoms with E-state index in [0.717, 1.165) is 4.57 Å². The van der Waals surface area contributed by atoms with Crippen LogP contribution >= 0.6 is 0 Å². The Morgan fingerprint density at radius 2 is 2.00 bits per heavy atom. The third-order valence-electron chi connectivity index (χ3n) is 3.61. The number of H-pyrrole nitrogens is 1. The maximum absolute atomic E-state index is 12.4. The van der Waals surface area contributed by atoms with E-state index in [2.05, 4.69) is 10.3 Å². The smallest absolute Gasteiger partial charge is 0.329 e. The van der Waals surface area contributed by atoms with Gasteiger partial charge in [-0.2, -0.15) is 5.26 Å². The second-order valence-electron chi connectivity index (χ2n) is 5.39. The summed E-state index contributed by atoms with van der Waals surface area (Å²) in [4.78, 5) is 39.3. The molecule has 0 bridgehead atoms. The number of aromatic nitrogens is 2. The Balaban J connectivity index is 1.81. The van der Waals surface area contributed by atoms with Crippen LogP contribution in [0.15, 0.2) is 58.1 Å². The Labute approximate surface area is 147 Å². The van der Waals surface area contributed by atoms with Gasteiger partial charge in [-0.05, 0) is 24.3 Å². The molecule has 2 N–H and O–H groups in total. The number of carbonyl (C=O) groups is 1. The predicted octanol–water partition coefficient (Wildman–Crippen LogP) is 1.23. The van der Waals surface area contributed by atoms with E-state index < -0.39 is 23.7 Å². The number of fused-ring (bicyclic) bond motifs is 1. The van der Waals surface area contributed by atoms with Crippen LogP contribution in [-0.4, -0.2) is 22.1 Å². The highest BCUT2D eigenvalue weighted by Gasteiger charge is 2.11. The van der Waals surface area contributed by atoms with Gasteiger partial charge in [0.05, 0.1) is 10.9 Å². The van der Waals surface area contributed by atoms with Gasteiger partial charge in [-0.3, -0.25) is 14.2 Å². The molecule has 0 aliphatic heterocycles. The molecule has 0 saturated heterocycles. The van der Waals surface area contributed by atoms with Gasteiger partial charge in [0.25, 0.3) is 5.56 Å². The van der Waals surface area contributed by atoms with Crippen LogP contribution < -0.4 is 21.3 Å². The molecule has 0 fully saturated rings. The Kier molecular flexibility index (Phi) is 4.80. The zero-order valence-corrected chi connectivity index (χ0v) is 13.6. The molecule has 130 valence electrons. The van der Waals surface area contributed by atoms with E-state index >= 15 is 0 Å². The van der Waals surface area contributed by atoms with Crippen LogP contribution in [0.25, 0.3) is 10.9 Å². The summed E-state index contributed by atoms with van der Waals surface area (Å²) in [6, 6.07) is 14.9. The van der Waals surface area contributed by atoms with Crippen LogP contribution in [0.4, 0.5) is 5.69 Å². The molecule has 26 heavy (non-hydrogen) atoms. The van der Waals surface area contributed by atoms with E-state index in [1.165, 1.54) is 0 Å². The van der Waals surface area contributed by atoms with E-state index in [0.29, 0.717) is 22.3 Å². The summed E-state index contributed by atoms with van der Waals surface area (Å²) < 4.78 is 6.00. The number of carbonyl (C=O) groups excluding carboxylic acids is 1. The SMILES string of the molecule is N#CCOc1cccc(NC(=O)Cn2c(=O)[nH]c3ccccc3c2=O)c1. The highest BCUT2D eigenvalue weighted by molar-refractivity contribution is 5.91. The number of benzene rings is 2. The number of nitrogens with one attached hydrogen (secondary N) is 2. The lowest BCUT2D eigenvalue weighted by Gasteiger charge is -2.09. The van der Waals surface area contributed by atoms with Crippen molar-refractivity contribution < 1.29 is 9.53 Å².